The Kier molecular flexibility index (Phi) is 5.87. The quantitative estimate of drug-likeness (QED) is 0.806. The second-order valence-corrected chi connectivity index (χ2v) is 3.75. The second-order valence-electron chi connectivity index (χ2n) is 3.75. The van der Waals surface area contributed by atoms with Gasteiger partial charge in [0.1, 0.15) is 5.75 Å². The smallest absolute Gasteiger partial charge is 0.387 e. The van der Waals surface area contributed by atoms with Crippen molar-refractivity contribution in [2.24, 2.45) is 0 Å². The molecule has 0 amide bonds. The summed E-state index contributed by atoms with van der Waals surface area (Å²) in [5.41, 5.74) is 0.244. The van der Waals surface area contributed by atoms with Crippen LogP contribution >= 0.6 is 0 Å². The molecule has 0 heterocycles. The Hall–Kier alpha value is -2.20. The van der Waals surface area contributed by atoms with Gasteiger partial charge in [-0.3, -0.25) is 4.79 Å². The van der Waals surface area contributed by atoms with E-state index in [1.165, 1.54) is 12.1 Å². The highest BCUT2D eigenvalue weighted by Crippen LogP contribution is 2.27. The highest BCUT2D eigenvalue weighted by Gasteiger charge is 2.18. The van der Waals surface area contributed by atoms with E-state index in [2.05, 4.69) is 4.74 Å². The molecule has 1 aromatic carbocycles. The standard InChI is InChI=1S/C13H13F2NO4/c1-2-19-12(18)5-10-9(6-16)3-8(7-17)4-11(10)20-13(14)15/h3-4,13,17H,2,5,7H2,1H3. The van der Waals surface area contributed by atoms with Crippen LogP contribution in [0.25, 0.3) is 0 Å². The topological polar surface area (TPSA) is 79.6 Å². The number of carbonyl (C=O) groups excluding carboxylic acids is 1. The second kappa shape index (κ2) is 7.40. The van der Waals surface area contributed by atoms with Crippen LogP contribution in [0.5, 0.6) is 5.75 Å². The molecule has 5 nitrogen and oxygen atoms in total. The van der Waals surface area contributed by atoms with Gasteiger partial charge in [0.15, 0.2) is 0 Å². The zero-order valence-electron chi connectivity index (χ0n) is 10.7. The molecule has 0 bridgehead atoms. The lowest BCUT2D eigenvalue weighted by molar-refractivity contribution is -0.142. The van der Waals surface area contributed by atoms with Gasteiger partial charge in [0.05, 0.1) is 31.3 Å². The summed E-state index contributed by atoms with van der Waals surface area (Å²) in [4.78, 5) is 11.4. The molecule has 0 unspecified atom stereocenters. The van der Waals surface area contributed by atoms with Crippen LogP contribution in [0.3, 0.4) is 0 Å². The van der Waals surface area contributed by atoms with Gasteiger partial charge in [0.25, 0.3) is 0 Å². The summed E-state index contributed by atoms with van der Waals surface area (Å²) in [6.45, 7) is -1.79. The molecule has 7 heteroatoms. The molecule has 0 aliphatic heterocycles. The third-order valence-corrected chi connectivity index (χ3v) is 2.41. The van der Waals surface area contributed by atoms with E-state index in [4.69, 9.17) is 15.1 Å². The number of halogens is 2. The van der Waals surface area contributed by atoms with Crippen molar-refractivity contribution in [1.82, 2.24) is 0 Å². The van der Waals surface area contributed by atoms with Crippen molar-refractivity contribution in [3.63, 3.8) is 0 Å². The van der Waals surface area contributed by atoms with Gasteiger partial charge in [-0.25, -0.2) is 0 Å². The van der Waals surface area contributed by atoms with Crippen molar-refractivity contribution in [1.29, 1.82) is 5.26 Å². The van der Waals surface area contributed by atoms with Crippen LogP contribution in [0.4, 0.5) is 8.78 Å². The molecule has 0 saturated heterocycles. The first-order chi connectivity index (χ1) is 9.51. The molecule has 0 aromatic heterocycles. The Balaban J connectivity index is 3.22. The lowest BCUT2D eigenvalue weighted by Gasteiger charge is -2.13. The highest BCUT2D eigenvalue weighted by molar-refractivity contribution is 5.75. The zero-order chi connectivity index (χ0) is 15.1. The molecule has 20 heavy (non-hydrogen) atoms. The van der Waals surface area contributed by atoms with Crippen LogP contribution in [0.1, 0.15) is 23.6 Å². The fourth-order valence-electron chi connectivity index (χ4n) is 1.63. The van der Waals surface area contributed by atoms with Crippen LogP contribution < -0.4 is 4.74 Å². The first-order valence-electron chi connectivity index (χ1n) is 5.79. The lowest BCUT2D eigenvalue weighted by atomic mass is 10.0. The largest absolute Gasteiger partial charge is 0.466 e. The van der Waals surface area contributed by atoms with E-state index in [9.17, 15) is 13.6 Å². The maximum atomic E-state index is 12.4. The minimum absolute atomic E-state index is 0.0137. The molecule has 1 N–H and O–H groups in total. The van der Waals surface area contributed by atoms with E-state index >= 15 is 0 Å². The molecule has 0 aliphatic rings. The minimum Gasteiger partial charge on any atom is -0.466 e. The summed E-state index contributed by atoms with van der Waals surface area (Å²) in [6, 6.07) is 4.27. The third-order valence-electron chi connectivity index (χ3n) is 2.41. The van der Waals surface area contributed by atoms with Crippen molar-refractivity contribution >= 4 is 5.97 Å². The average molecular weight is 285 g/mol. The Morgan fingerprint density at radius 3 is 2.70 bits per heavy atom. The number of carbonyl (C=O) groups is 1. The van der Waals surface area contributed by atoms with Gasteiger partial charge in [0.2, 0.25) is 0 Å². The Morgan fingerprint density at radius 1 is 1.50 bits per heavy atom. The third kappa shape index (κ3) is 4.17. The van der Waals surface area contributed by atoms with Crippen LogP contribution in [-0.4, -0.2) is 24.3 Å². The van der Waals surface area contributed by atoms with E-state index in [0.29, 0.717) is 0 Å². The number of esters is 1. The van der Waals surface area contributed by atoms with Crippen LogP contribution in [0.15, 0.2) is 12.1 Å². The number of alkyl halides is 2. The molecule has 0 radical (unpaired) electrons. The van der Waals surface area contributed by atoms with Gasteiger partial charge < -0.3 is 14.6 Å². The molecular weight excluding hydrogens is 272 g/mol. The Morgan fingerprint density at radius 2 is 2.20 bits per heavy atom. The van der Waals surface area contributed by atoms with Gasteiger partial charge >= 0.3 is 12.6 Å². The first kappa shape index (κ1) is 15.9. The van der Waals surface area contributed by atoms with Crippen molar-refractivity contribution < 1.29 is 28.2 Å². The fraction of sp³-hybridized carbons (Fsp3) is 0.385. The first-order valence-corrected chi connectivity index (χ1v) is 5.79. The maximum absolute atomic E-state index is 12.4. The predicted molar refractivity (Wildman–Crippen MR) is 64.0 cm³/mol. The summed E-state index contributed by atoms with van der Waals surface area (Å²) in [5.74, 6) is -0.962. The average Bonchev–Trinajstić information content (AvgIpc) is 2.40. The highest BCUT2D eigenvalue weighted by atomic mass is 19.3. The summed E-state index contributed by atoms with van der Waals surface area (Å²) in [6.07, 6.45) is -0.357. The molecule has 0 aliphatic carbocycles. The molecular formula is C13H13F2NO4. The normalized spacial score (nSPS) is 10.2. The van der Waals surface area contributed by atoms with E-state index in [1.54, 1.807) is 13.0 Å². The van der Waals surface area contributed by atoms with E-state index in [0.717, 1.165) is 0 Å². The van der Waals surface area contributed by atoms with Crippen LogP contribution in [0.2, 0.25) is 0 Å². The monoisotopic (exact) mass is 285 g/mol. The number of aliphatic hydroxyl groups excluding tert-OH is 1. The van der Waals surface area contributed by atoms with Crippen molar-refractivity contribution in [2.75, 3.05) is 6.61 Å². The van der Waals surface area contributed by atoms with Crippen molar-refractivity contribution in [3.8, 4) is 11.8 Å². The number of hydrogen-bond donors (Lipinski definition) is 1. The van der Waals surface area contributed by atoms with Gasteiger partial charge in [-0.15, -0.1) is 0 Å². The number of rotatable bonds is 6. The van der Waals surface area contributed by atoms with E-state index in [1.807, 2.05) is 0 Å². The van der Waals surface area contributed by atoms with Crippen molar-refractivity contribution in [3.05, 3.63) is 28.8 Å². The number of ether oxygens (including phenoxy) is 2. The van der Waals surface area contributed by atoms with Gasteiger partial charge in [-0.2, -0.15) is 14.0 Å². The van der Waals surface area contributed by atoms with Crippen LogP contribution in [-0.2, 0) is 22.6 Å². The Labute approximate surface area is 114 Å². The van der Waals surface area contributed by atoms with Crippen molar-refractivity contribution in [2.45, 2.75) is 26.6 Å². The fourth-order valence-corrected chi connectivity index (χ4v) is 1.63. The van der Waals surface area contributed by atoms with Gasteiger partial charge in [-0.05, 0) is 24.6 Å². The molecule has 108 valence electrons. The predicted octanol–water partition coefficient (Wildman–Crippen LogP) is 1.76. The molecule has 0 atom stereocenters. The summed E-state index contributed by atoms with van der Waals surface area (Å²) >= 11 is 0. The van der Waals surface area contributed by atoms with E-state index < -0.39 is 19.2 Å². The SMILES string of the molecule is CCOC(=O)Cc1c(C#N)cc(CO)cc1OC(F)F. The van der Waals surface area contributed by atoms with Gasteiger partial charge in [-0.1, -0.05) is 0 Å². The van der Waals surface area contributed by atoms with Crippen LogP contribution in [0, 0.1) is 11.3 Å². The lowest BCUT2D eigenvalue weighted by Crippen LogP contribution is -2.12. The summed E-state index contributed by atoms with van der Waals surface area (Å²) < 4.78 is 33.8. The summed E-state index contributed by atoms with van der Waals surface area (Å²) in [5, 5.41) is 18.0. The molecule has 1 aromatic rings. The number of aliphatic hydroxyl groups is 1. The summed E-state index contributed by atoms with van der Waals surface area (Å²) in [7, 11) is 0. The number of nitriles is 1. The maximum Gasteiger partial charge on any atom is 0.387 e. The zero-order valence-corrected chi connectivity index (χ0v) is 10.7. The van der Waals surface area contributed by atoms with Gasteiger partial charge in [0, 0.05) is 5.56 Å². The number of benzene rings is 1. The number of nitrogens with zero attached hydrogens (tertiary/aromatic N) is 1. The molecule has 0 saturated carbocycles. The number of hydrogen-bond acceptors (Lipinski definition) is 5. The Bertz CT molecular complexity index is 526. The van der Waals surface area contributed by atoms with E-state index in [-0.39, 0.29) is 35.5 Å². The molecule has 0 spiro atoms. The molecule has 0 fully saturated rings. The minimum atomic E-state index is -3.10. The molecule has 1 rings (SSSR count).